The predicted octanol–water partition coefficient (Wildman–Crippen LogP) is 3.59. The second-order valence-corrected chi connectivity index (χ2v) is 4.68. The number of aryl methyl sites for hydroxylation is 1. The van der Waals surface area contributed by atoms with E-state index in [9.17, 15) is 4.79 Å². The number of carbonyl (C=O) groups excluding carboxylic acids is 1. The maximum Gasteiger partial charge on any atom is 0.140 e. The van der Waals surface area contributed by atoms with Gasteiger partial charge >= 0.3 is 0 Å². The summed E-state index contributed by atoms with van der Waals surface area (Å²) in [7, 11) is 0. The third-order valence-electron chi connectivity index (χ3n) is 2.90. The Morgan fingerprint density at radius 1 is 1.43 bits per heavy atom. The molecule has 1 fully saturated rings. The lowest BCUT2D eigenvalue weighted by molar-refractivity contribution is -0.118. The minimum absolute atomic E-state index is 0.143. The van der Waals surface area contributed by atoms with Crippen LogP contribution in [0.2, 0.25) is 0 Å². The van der Waals surface area contributed by atoms with Gasteiger partial charge in [-0.1, -0.05) is 34.1 Å². The van der Waals surface area contributed by atoms with Crippen molar-refractivity contribution in [2.45, 2.75) is 32.1 Å². The highest BCUT2D eigenvalue weighted by molar-refractivity contribution is 9.10. The molecule has 0 spiro atoms. The van der Waals surface area contributed by atoms with Crippen molar-refractivity contribution in [1.82, 2.24) is 0 Å². The molecule has 0 aromatic heterocycles. The van der Waals surface area contributed by atoms with Gasteiger partial charge in [0.2, 0.25) is 0 Å². The zero-order chi connectivity index (χ0) is 10.1. The van der Waals surface area contributed by atoms with Crippen molar-refractivity contribution < 1.29 is 4.79 Å². The summed E-state index contributed by atoms with van der Waals surface area (Å²) in [5.74, 6) is 0.542. The maximum atomic E-state index is 11.6. The maximum absolute atomic E-state index is 11.6. The minimum Gasteiger partial charge on any atom is -0.299 e. The molecule has 0 aliphatic heterocycles. The van der Waals surface area contributed by atoms with Crippen molar-refractivity contribution in [3.63, 3.8) is 0 Å². The number of carbonyl (C=O) groups is 1. The standard InChI is InChI=1S/C12H13BrO/c1-8-4-2-6-10(12(8)13)9-5-3-7-11(9)14/h2,4,6,9H,3,5,7H2,1H3. The first-order valence-electron chi connectivity index (χ1n) is 4.98. The van der Waals surface area contributed by atoms with Crippen LogP contribution in [-0.2, 0) is 4.79 Å². The molecule has 0 heterocycles. The SMILES string of the molecule is Cc1cccc(C2CCCC2=O)c1Br. The van der Waals surface area contributed by atoms with E-state index in [4.69, 9.17) is 0 Å². The number of Topliss-reactive ketones (excluding diaryl/α,β-unsaturated/α-hetero) is 1. The highest BCUT2D eigenvalue weighted by Crippen LogP contribution is 2.36. The van der Waals surface area contributed by atoms with Crippen molar-refractivity contribution in [2.75, 3.05) is 0 Å². The quantitative estimate of drug-likeness (QED) is 0.747. The first-order valence-corrected chi connectivity index (χ1v) is 5.77. The molecule has 1 aromatic rings. The zero-order valence-electron chi connectivity index (χ0n) is 8.22. The number of hydrogen-bond acceptors (Lipinski definition) is 1. The molecule has 74 valence electrons. The lowest BCUT2D eigenvalue weighted by Crippen LogP contribution is -2.05. The van der Waals surface area contributed by atoms with Crippen LogP contribution in [0.5, 0.6) is 0 Å². The first-order chi connectivity index (χ1) is 6.70. The molecule has 1 aliphatic carbocycles. The van der Waals surface area contributed by atoms with Gasteiger partial charge in [-0.05, 0) is 30.9 Å². The van der Waals surface area contributed by atoms with E-state index in [0.717, 1.165) is 23.7 Å². The number of hydrogen-bond donors (Lipinski definition) is 0. The number of rotatable bonds is 1. The molecule has 1 atom stereocenters. The fourth-order valence-corrected chi connectivity index (χ4v) is 2.62. The van der Waals surface area contributed by atoms with Crippen LogP contribution >= 0.6 is 15.9 Å². The summed E-state index contributed by atoms with van der Waals surface area (Å²) in [4.78, 5) is 11.6. The van der Waals surface area contributed by atoms with E-state index in [0.29, 0.717) is 5.78 Å². The fraction of sp³-hybridized carbons (Fsp3) is 0.417. The van der Waals surface area contributed by atoms with Crippen molar-refractivity contribution >= 4 is 21.7 Å². The summed E-state index contributed by atoms with van der Waals surface area (Å²) in [5.41, 5.74) is 2.38. The van der Waals surface area contributed by atoms with E-state index in [2.05, 4.69) is 35.0 Å². The number of benzene rings is 1. The normalized spacial score (nSPS) is 21.6. The van der Waals surface area contributed by atoms with Crippen LogP contribution in [0.4, 0.5) is 0 Å². The Labute approximate surface area is 92.6 Å². The minimum atomic E-state index is 0.143. The molecule has 0 bridgehead atoms. The molecule has 1 aromatic carbocycles. The van der Waals surface area contributed by atoms with Crippen molar-refractivity contribution in [1.29, 1.82) is 0 Å². The Morgan fingerprint density at radius 2 is 2.21 bits per heavy atom. The molecule has 2 rings (SSSR count). The average molecular weight is 253 g/mol. The summed E-state index contributed by atoms with van der Waals surface area (Å²) in [6.45, 7) is 2.06. The molecular weight excluding hydrogens is 240 g/mol. The van der Waals surface area contributed by atoms with Gasteiger partial charge in [-0.15, -0.1) is 0 Å². The van der Waals surface area contributed by atoms with Gasteiger partial charge in [0.1, 0.15) is 5.78 Å². The molecule has 0 N–H and O–H groups in total. The van der Waals surface area contributed by atoms with Crippen LogP contribution in [0, 0.1) is 6.92 Å². The fourth-order valence-electron chi connectivity index (χ4n) is 2.08. The predicted molar refractivity (Wildman–Crippen MR) is 60.5 cm³/mol. The molecule has 14 heavy (non-hydrogen) atoms. The van der Waals surface area contributed by atoms with Crippen LogP contribution in [0.25, 0.3) is 0 Å². The Bertz CT molecular complexity index is 371. The topological polar surface area (TPSA) is 17.1 Å². The third-order valence-corrected chi connectivity index (χ3v) is 3.98. The molecule has 2 heteroatoms. The van der Waals surface area contributed by atoms with Crippen LogP contribution in [-0.4, -0.2) is 5.78 Å². The van der Waals surface area contributed by atoms with Gasteiger partial charge < -0.3 is 0 Å². The number of halogens is 1. The summed E-state index contributed by atoms with van der Waals surface area (Å²) in [6.07, 6.45) is 2.82. The highest BCUT2D eigenvalue weighted by Gasteiger charge is 2.27. The Morgan fingerprint density at radius 3 is 2.86 bits per heavy atom. The Hall–Kier alpha value is -0.630. The third kappa shape index (κ3) is 1.63. The van der Waals surface area contributed by atoms with E-state index in [1.165, 1.54) is 11.1 Å². The summed E-state index contributed by atoms with van der Waals surface area (Å²) < 4.78 is 1.11. The molecule has 1 aliphatic rings. The van der Waals surface area contributed by atoms with Gasteiger partial charge in [0.05, 0.1) is 0 Å². The van der Waals surface area contributed by atoms with Gasteiger partial charge in [-0.2, -0.15) is 0 Å². The molecule has 0 radical (unpaired) electrons. The Kier molecular flexibility index (Phi) is 2.73. The van der Waals surface area contributed by atoms with Crippen LogP contribution in [0.1, 0.15) is 36.3 Å². The largest absolute Gasteiger partial charge is 0.299 e. The van der Waals surface area contributed by atoms with Crippen LogP contribution in [0.15, 0.2) is 22.7 Å². The van der Waals surface area contributed by atoms with Crippen LogP contribution < -0.4 is 0 Å². The second kappa shape index (κ2) is 3.85. The second-order valence-electron chi connectivity index (χ2n) is 3.89. The lowest BCUT2D eigenvalue weighted by Gasteiger charge is -2.12. The van der Waals surface area contributed by atoms with Crippen molar-refractivity contribution in [3.8, 4) is 0 Å². The molecule has 1 saturated carbocycles. The van der Waals surface area contributed by atoms with Gasteiger partial charge in [-0.3, -0.25) is 4.79 Å². The van der Waals surface area contributed by atoms with Gasteiger partial charge in [-0.25, -0.2) is 0 Å². The lowest BCUT2D eigenvalue weighted by atomic mass is 9.95. The van der Waals surface area contributed by atoms with Gasteiger partial charge in [0, 0.05) is 16.8 Å². The van der Waals surface area contributed by atoms with Crippen LogP contribution in [0.3, 0.4) is 0 Å². The zero-order valence-corrected chi connectivity index (χ0v) is 9.80. The average Bonchev–Trinajstić information content (AvgIpc) is 2.57. The van der Waals surface area contributed by atoms with Gasteiger partial charge in [0.25, 0.3) is 0 Å². The van der Waals surface area contributed by atoms with E-state index in [1.54, 1.807) is 0 Å². The van der Waals surface area contributed by atoms with Crippen molar-refractivity contribution in [3.05, 3.63) is 33.8 Å². The summed E-state index contributed by atoms with van der Waals surface area (Å²) in [5, 5.41) is 0. The van der Waals surface area contributed by atoms with E-state index >= 15 is 0 Å². The molecule has 1 nitrogen and oxygen atoms in total. The Balaban J connectivity index is 2.41. The summed E-state index contributed by atoms with van der Waals surface area (Å²) in [6, 6.07) is 6.15. The molecule has 1 unspecified atom stereocenters. The summed E-state index contributed by atoms with van der Waals surface area (Å²) >= 11 is 3.57. The van der Waals surface area contributed by atoms with Gasteiger partial charge in [0.15, 0.2) is 0 Å². The first kappa shape index (κ1) is 9.91. The highest BCUT2D eigenvalue weighted by atomic mass is 79.9. The smallest absolute Gasteiger partial charge is 0.140 e. The monoisotopic (exact) mass is 252 g/mol. The van der Waals surface area contributed by atoms with Crippen molar-refractivity contribution in [2.24, 2.45) is 0 Å². The molecular formula is C12H13BrO. The van der Waals surface area contributed by atoms with E-state index in [1.807, 2.05) is 6.07 Å². The number of ketones is 1. The molecule has 0 amide bonds. The van der Waals surface area contributed by atoms with E-state index in [-0.39, 0.29) is 5.92 Å². The molecule has 0 saturated heterocycles. The van der Waals surface area contributed by atoms with E-state index < -0.39 is 0 Å².